The lowest BCUT2D eigenvalue weighted by molar-refractivity contribution is -0.140. The lowest BCUT2D eigenvalue weighted by atomic mass is 10.1. The molecule has 1 aliphatic heterocycles. The first-order chi connectivity index (χ1) is 12.0. The molecule has 0 spiro atoms. The predicted octanol–water partition coefficient (Wildman–Crippen LogP) is 0.000400. The summed E-state index contributed by atoms with van der Waals surface area (Å²) in [5.74, 6) is -1.48. The fourth-order valence-corrected chi connectivity index (χ4v) is 2.68. The molecule has 0 radical (unpaired) electrons. The molecular formula is C17H28N4O5. The van der Waals surface area contributed by atoms with E-state index in [-0.39, 0.29) is 6.54 Å². The fraction of sp³-hybridized carbons (Fsp3) is 0.647. The summed E-state index contributed by atoms with van der Waals surface area (Å²) in [6, 6.07) is -1.79. The molecule has 0 bridgehead atoms. The molecule has 0 aromatic rings. The van der Waals surface area contributed by atoms with Crippen LogP contribution in [0.4, 0.5) is 4.79 Å². The summed E-state index contributed by atoms with van der Waals surface area (Å²) in [4.78, 5) is 50.9. The molecule has 2 atom stereocenters. The van der Waals surface area contributed by atoms with E-state index in [2.05, 4.69) is 11.9 Å². The zero-order chi connectivity index (χ0) is 20.1. The van der Waals surface area contributed by atoms with Crippen LogP contribution in [0.5, 0.6) is 0 Å². The van der Waals surface area contributed by atoms with Crippen LogP contribution in [0, 0.1) is 0 Å². The lowest BCUT2D eigenvalue weighted by Crippen LogP contribution is -2.57. The van der Waals surface area contributed by atoms with Crippen molar-refractivity contribution in [1.29, 1.82) is 0 Å². The number of carbonyl (C=O) groups is 4. The van der Waals surface area contributed by atoms with Crippen molar-refractivity contribution in [2.24, 2.45) is 5.73 Å². The van der Waals surface area contributed by atoms with Crippen molar-refractivity contribution >= 4 is 23.8 Å². The van der Waals surface area contributed by atoms with Crippen molar-refractivity contribution in [2.75, 3.05) is 20.1 Å². The van der Waals surface area contributed by atoms with Gasteiger partial charge in [0.2, 0.25) is 17.7 Å². The van der Waals surface area contributed by atoms with E-state index in [0.717, 1.165) is 6.08 Å². The summed E-state index contributed by atoms with van der Waals surface area (Å²) in [6.45, 7) is 8.75. The zero-order valence-electron chi connectivity index (χ0n) is 15.8. The highest BCUT2D eigenvalue weighted by molar-refractivity contribution is 5.92. The van der Waals surface area contributed by atoms with Crippen LogP contribution in [-0.4, -0.2) is 71.4 Å². The smallest absolute Gasteiger partial charge is 0.408 e. The molecule has 1 fully saturated rings. The second-order valence-corrected chi connectivity index (χ2v) is 7.21. The third-order valence-electron chi connectivity index (χ3n) is 3.86. The first-order valence-corrected chi connectivity index (χ1v) is 8.43. The van der Waals surface area contributed by atoms with E-state index in [0.29, 0.717) is 19.4 Å². The molecule has 3 N–H and O–H groups in total. The first kappa shape index (κ1) is 21.5. The largest absolute Gasteiger partial charge is 0.444 e. The SMILES string of the molecule is C=CC(=O)N(C)C[C@H](NC(=O)OC(C)(C)C)C(=O)N1CCC[C@H]1C(N)=O. The minimum atomic E-state index is -1.07. The second kappa shape index (κ2) is 8.68. The highest BCUT2D eigenvalue weighted by Gasteiger charge is 2.37. The first-order valence-electron chi connectivity index (χ1n) is 8.43. The number of carbonyl (C=O) groups excluding carboxylic acids is 4. The summed E-state index contributed by atoms with van der Waals surface area (Å²) in [5.41, 5.74) is 4.61. The van der Waals surface area contributed by atoms with Crippen LogP contribution in [0.15, 0.2) is 12.7 Å². The number of hydrogen-bond donors (Lipinski definition) is 2. The summed E-state index contributed by atoms with van der Waals surface area (Å²) in [6.07, 6.45) is 1.43. The molecule has 1 saturated heterocycles. The molecule has 1 heterocycles. The number of likely N-dealkylation sites (N-methyl/N-ethyl adjacent to an activating group) is 1. The van der Waals surface area contributed by atoms with Crippen LogP contribution in [0.25, 0.3) is 0 Å². The topological polar surface area (TPSA) is 122 Å². The number of ether oxygens (including phenoxy) is 1. The number of primary amides is 1. The van der Waals surface area contributed by atoms with Gasteiger partial charge in [-0.05, 0) is 39.7 Å². The molecule has 26 heavy (non-hydrogen) atoms. The molecule has 0 unspecified atom stereocenters. The molecule has 0 aromatic heterocycles. The van der Waals surface area contributed by atoms with Gasteiger partial charge in [-0.15, -0.1) is 0 Å². The van der Waals surface area contributed by atoms with Crippen molar-refractivity contribution in [3.63, 3.8) is 0 Å². The molecule has 9 heteroatoms. The van der Waals surface area contributed by atoms with Gasteiger partial charge in [-0.25, -0.2) is 4.79 Å². The van der Waals surface area contributed by atoms with Crippen molar-refractivity contribution in [1.82, 2.24) is 15.1 Å². The van der Waals surface area contributed by atoms with Gasteiger partial charge in [0.25, 0.3) is 0 Å². The van der Waals surface area contributed by atoms with Crippen LogP contribution in [0.1, 0.15) is 33.6 Å². The van der Waals surface area contributed by atoms with Gasteiger partial charge in [-0.3, -0.25) is 14.4 Å². The van der Waals surface area contributed by atoms with Crippen LogP contribution < -0.4 is 11.1 Å². The highest BCUT2D eigenvalue weighted by atomic mass is 16.6. The van der Waals surface area contributed by atoms with Crippen molar-refractivity contribution in [3.8, 4) is 0 Å². The normalized spacial score (nSPS) is 18.0. The van der Waals surface area contributed by atoms with Gasteiger partial charge in [-0.1, -0.05) is 6.58 Å². The number of hydrogen-bond acceptors (Lipinski definition) is 5. The van der Waals surface area contributed by atoms with E-state index in [1.54, 1.807) is 20.8 Å². The van der Waals surface area contributed by atoms with E-state index in [4.69, 9.17) is 10.5 Å². The van der Waals surface area contributed by atoms with Gasteiger partial charge >= 0.3 is 6.09 Å². The number of rotatable bonds is 6. The number of amides is 4. The minimum absolute atomic E-state index is 0.0923. The molecule has 9 nitrogen and oxygen atoms in total. The predicted molar refractivity (Wildman–Crippen MR) is 94.9 cm³/mol. The Labute approximate surface area is 153 Å². The zero-order valence-corrected chi connectivity index (χ0v) is 15.8. The van der Waals surface area contributed by atoms with Gasteiger partial charge in [-0.2, -0.15) is 0 Å². The highest BCUT2D eigenvalue weighted by Crippen LogP contribution is 2.18. The van der Waals surface area contributed by atoms with E-state index >= 15 is 0 Å². The Morgan fingerprint density at radius 3 is 2.50 bits per heavy atom. The van der Waals surface area contributed by atoms with Gasteiger partial charge in [0.15, 0.2) is 0 Å². The van der Waals surface area contributed by atoms with Gasteiger partial charge in [0.05, 0.1) is 6.54 Å². The third kappa shape index (κ3) is 6.05. The van der Waals surface area contributed by atoms with Crippen molar-refractivity contribution in [3.05, 3.63) is 12.7 Å². The lowest BCUT2D eigenvalue weighted by Gasteiger charge is -2.30. The number of likely N-dealkylation sites (tertiary alicyclic amines) is 1. The maximum absolute atomic E-state index is 12.9. The van der Waals surface area contributed by atoms with Gasteiger partial charge < -0.3 is 25.6 Å². The van der Waals surface area contributed by atoms with E-state index in [1.807, 2.05) is 0 Å². The molecular weight excluding hydrogens is 340 g/mol. The Balaban J connectivity index is 2.96. The maximum atomic E-state index is 12.9. The summed E-state index contributed by atoms with van der Waals surface area (Å²) in [5, 5.41) is 2.49. The van der Waals surface area contributed by atoms with Crippen molar-refractivity contribution in [2.45, 2.75) is 51.3 Å². The quantitative estimate of drug-likeness (QED) is 0.639. The number of nitrogens with two attached hydrogens (primary N) is 1. The third-order valence-corrected chi connectivity index (χ3v) is 3.86. The Morgan fingerprint density at radius 2 is 2.00 bits per heavy atom. The minimum Gasteiger partial charge on any atom is -0.444 e. The monoisotopic (exact) mass is 368 g/mol. The van der Waals surface area contributed by atoms with Crippen LogP contribution >= 0.6 is 0 Å². The summed E-state index contributed by atoms with van der Waals surface area (Å²) < 4.78 is 5.19. The van der Waals surface area contributed by atoms with Gasteiger partial charge in [0, 0.05) is 13.6 Å². The molecule has 0 aromatic carbocycles. The van der Waals surface area contributed by atoms with Crippen LogP contribution in [-0.2, 0) is 19.1 Å². The molecule has 0 aliphatic carbocycles. The van der Waals surface area contributed by atoms with Crippen LogP contribution in [0.3, 0.4) is 0 Å². The van der Waals surface area contributed by atoms with E-state index in [1.165, 1.54) is 16.8 Å². The average molecular weight is 368 g/mol. The second-order valence-electron chi connectivity index (χ2n) is 7.21. The summed E-state index contributed by atoms with van der Waals surface area (Å²) in [7, 11) is 1.48. The Hall–Kier alpha value is -2.58. The molecule has 1 aliphatic rings. The Kier molecular flexibility index (Phi) is 7.17. The summed E-state index contributed by atoms with van der Waals surface area (Å²) >= 11 is 0. The Bertz CT molecular complexity index is 584. The molecule has 146 valence electrons. The number of nitrogens with zero attached hydrogens (tertiary/aromatic N) is 2. The van der Waals surface area contributed by atoms with Crippen LogP contribution in [0.2, 0.25) is 0 Å². The number of nitrogens with one attached hydrogen (secondary N) is 1. The molecule has 4 amide bonds. The molecule has 0 saturated carbocycles. The molecule has 1 rings (SSSR count). The average Bonchev–Trinajstić information content (AvgIpc) is 3.00. The van der Waals surface area contributed by atoms with Crippen molar-refractivity contribution < 1.29 is 23.9 Å². The van der Waals surface area contributed by atoms with Gasteiger partial charge in [0.1, 0.15) is 17.7 Å². The number of alkyl carbamates (subject to hydrolysis) is 1. The van der Waals surface area contributed by atoms with E-state index < -0.39 is 41.5 Å². The fourth-order valence-electron chi connectivity index (χ4n) is 2.68. The standard InChI is InChI=1S/C17H28N4O5/c1-6-13(22)20(5)10-11(19-16(25)26-17(2,3)4)15(24)21-9-7-8-12(21)14(18)23/h6,11-12H,1,7-10H2,2-5H3,(H2,18,23)(H,19,25)/t11-,12-/m0/s1. The maximum Gasteiger partial charge on any atom is 0.408 e. The van der Waals surface area contributed by atoms with E-state index in [9.17, 15) is 19.2 Å². The Morgan fingerprint density at radius 1 is 1.38 bits per heavy atom.